The first-order valence-electron chi connectivity index (χ1n) is 7.75. The summed E-state index contributed by atoms with van der Waals surface area (Å²) in [4.78, 5) is 6.99. The van der Waals surface area contributed by atoms with Crippen LogP contribution in [0.2, 0.25) is 0 Å². The third-order valence-corrected chi connectivity index (χ3v) is 4.26. The summed E-state index contributed by atoms with van der Waals surface area (Å²) in [5, 5.41) is 3.23. The third kappa shape index (κ3) is 4.53. The van der Waals surface area contributed by atoms with Crippen LogP contribution in [-0.2, 0) is 0 Å². The minimum Gasteiger partial charge on any atom is -0.370 e. The molecule has 0 aromatic rings. The SMILES string of the molecule is CCN1CCCC1CN=C(N)NCCC1=CCCC1. The van der Waals surface area contributed by atoms with Crippen molar-refractivity contribution in [1.82, 2.24) is 10.2 Å². The zero-order valence-electron chi connectivity index (χ0n) is 12.2. The molecule has 1 saturated heterocycles. The fraction of sp³-hybridized carbons (Fsp3) is 0.800. The molecule has 108 valence electrons. The summed E-state index contributed by atoms with van der Waals surface area (Å²) in [7, 11) is 0. The Morgan fingerprint density at radius 3 is 3.16 bits per heavy atom. The van der Waals surface area contributed by atoms with E-state index in [2.05, 4.69) is 28.2 Å². The molecular weight excluding hydrogens is 236 g/mol. The number of guanidine groups is 1. The zero-order chi connectivity index (χ0) is 13.5. The summed E-state index contributed by atoms with van der Waals surface area (Å²) in [6.45, 7) is 6.33. The molecule has 19 heavy (non-hydrogen) atoms. The average molecular weight is 264 g/mol. The molecule has 3 N–H and O–H groups in total. The van der Waals surface area contributed by atoms with Gasteiger partial charge in [0.15, 0.2) is 5.96 Å². The monoisotopic (exact) mass is 264 g/mol. The molecule has 0 bridgehead atoms. The standard InChI is InChI=1S/C15H28N4/c1-2-19-11-5-8-14(19)12-18-15(16)17-10-9-13-6-3-4-7-13/h6,14H,2-5,7-12H2,1H3,(H3,16,17,18). The molecule has 0 aromatic carbocycles. The highest BCUT2D eigenvalue weighted by molar-refractivity contribution is 5.77. The number of allylic oxidation sites excluding steroid dienone is 1. The van der Waals surface area contributed by atoms with Crippen LogP contribution in [0.3, 0.4) is 0 Å². The second-order valence-electron chi connectivity index (χ2n) is 5.58. The Morgan fingerprint density at radius 2 is 2.42 bits per heavy atom. The highest BCUT2D eigenvalue weighted by Crippen LogP contribution is 2.19. The zero-order valence-corrected chi connectivity index (χ0v) is 12.2. The molecule has 0 spiro atoms. The second-order valence-corrected chi connectivity index (χ2v) is 5.58. The van der Waals surface area contributed by atoms with Crippen molar-refractivity contribution in [3.63, 3.8) is 0 Å². The Bertz CT molecular complexity index is 335. The van der Waals surface area contributed by atoms with Crippen molar-refractivity contribution < 1.29 is 0 Å². The largest absolute Gasteiger partial charge is 0.370 e. The van der Waals surface area contributed by atoms with Gasteiger partial charge in [0.25, 0.3) is 0 Å². The van der Waals surface area contributed by atoms with Crippen molar-refractivity contribution in [2.45, 2.75) is 51.5 Å². The van der Waals surface area contributed by atoms with Crippen LogP contribution in [-0.4, -0.2) is 43.1 Å². The molecule has 2 rings (SSSR count). The van der Waals surface area contributed by atoms with Gasteiger partial charge in [0, 0.05) is 12.6 Å². The van der Waals surface area contributed by atoms with Crippen molar-refractivity contribution in [2.24, 2.45) is 10.7 Å². The maximum Gasteiger partial charge on any atom is 0.188 e. The summed E-state index contributed by atoms with van der Waals surface area (Å²) >= 11 is 0. The third-order valence-electron chi connectivity index (χ3n) is 4.26. The first-order valence-corrected chi connectivity index (χ1v) is 7.75. The van der Waals surface area contributed by atoms with Crippen LogP contribution in [0.15, 0.2) is 16.6 Å². The smallest absolute Gasteiger partial charge is 0.188 e. The molecule has 1 heterocycles. The number of likely N-dealkylation sites (tertiary alicyclic amines) is 1. The Morgan fingerprint density at radius 1 is 1.53 bits per heavy atom. The van der Waals surface area contributed by atoms with Gasteiger partial charge >= 0.3 is 0 Å². The van der Waals surface area contributed by atoms with E-state index in [0.29, 0.717) is 12.0 Å². The minimum absolute atomic E-state index is 0.600. The lowest BCUT2D eigenvalue weighted by molar-refractivity contribution is 0.273. The maximum absolute atomic E-state index is 5.92. The number of likely N-dealkylation sites (N-methyl/N-ethyl adjacent to an activating group) is 1. The van der Waals surface area contributed by atoms with E-state index < -0.39 is 0 Å². The van der Waals surface area contributed by atoms with E-state index in [1.807, 2.05) is 0 Å². The Kier molecular flexibility index (Phi) is 5.70. The minimum atomic E-state index is 0.600. The van der Waals surface area contributed by atoms with E-state index in [9.17, 15) is 0 Å². The van der Waals surface area contributed by atoms with Gasteiger partial charge in [0.2, 0.25) is 0 Å². The van der Waals surface area contributed by atoms with Crippen LogP contribution < -0.4 is 11.1 Å². The normalized spacial score (nSPS) is 24.8. The molecule has 0 amide bonds. The molecule has 1 aliphatic carbocycles. The summed E-state index contributed by atoms with van der Waals surface area (Å²) in [6.07, 6.45) is 9.90. The van der Waals surface area contributed by atoms with Gasteiger partial charge in [-0.1, -0.05) is 18.6 Å². The van der Waals surface area contributed by atoms with Gasteiger partial charge < -0.3 is 11.1 Å². The highest BCUT2D eigenvalue weighted by atomic mass is 15.2. The number of nitrogens with two attached hydrogens (primary N) is 1. The lowest BCUT2D eigenvalue weighted by Gasteiger charge is -2.20. The molecule has 1 aliphatic heterocycles. The van der Waals surface area contributed by atoms with Gasteiger partial charge in [-0.2, -0.15) is 0 Å². The van der Waals surface area contributed by atoms with Gasteiger partial charge in [0.1, 0.15) is 0 Å². The lowest BCUT2D eigenvalue weighted by atomic mass is 10.2. The predicted octanol–water partition coefficient (Wildman–Crippen LogP) is 1.88. The molecule has 1 atom stereocenters. The van der Waals surface area contributed by atoms with Crippen LogP contribution in [0, 0.1) is 0 Å². The van der Waals surface area contributed by atoms with Crippen LogP contribution >= 0.6 is 0 Å². The fourth-order valence-electron chi connectivity index (χ4n) is 3.09. The molecule has 1 fully saturated rings. The highest BCUT2D eigenvalue weighted by Gasteiger charge is 2.22. The van der Waals surface area contributed by atoms with Crippen molar-refractivity contribution >= 4 is 5.96 Å². The Labute approximate surface area is 117 Å². The molecular formula is C15H28N4. The molecule has 2 aliphatic rings. The quantitative estimate of drug-likeness (QED) is 0.437. The van der Waals surface area contributed by atoms with Crippen molar-refractivity contribution in [2.75, 3.05) is 26.2 Å². The van der Waals surface area contributed by atoms with Crippen molar-refractivity contribution in [3.8, 4) is 0 Å². The number of hydrogen-bond donors (Lipinski definition) is 2. The van der Waals surface area contributed by atoms with Crippen molar-refractivity contribution in [1.29, 1.82) is 0 Å². The number of aliphatic imine (C=N–C) groups is 1. The van der Waals surface area contributed by atoms with E-state index in [1.165, 1.54) is 38.6 Å². The first kappa shape index (κ1) is 14.4. The number of hydrogen-bond acceptors (Lipinski definition) is 2. The lowest BCUT2D eigenvalue weighted by Crippen LogP contribution is -2.36. The fourth-order valence-corrected chi connectivity index (χ4v) is 3.09. The van der Waals surface area contributed by atoms with Gasteiger partial charge in [-0.05, 0) is 51.6 Å². The predicted molar refractivity (Wildman–Crippen MR) is 81.3 cm³/mol. The summed E-state index contributed by atoms with van der Waals surface area (Å²) in [5.74, 6) is 0.613. The van der Waals surface area contributed by atoms with Gasteiger partial charge in [-0.3, -0.25) is 9.89 Å². The summed E-state index contributed by atoms with van der Waals surface area (Å²) in [6, 6.07) is 0.600. The number of nitrogens with one attached hydrogen (secondary N) is 1. The van der Waals surface area contributed by atoms with Gasteiger partial charge in [-0.15, -0.1) is 0 Å². The van der Waals surface area contributed by atoms with E-state index in [0.717, 1.165) is 26.1 Å². The Balaban J connectivity index is 1.64. The van der Waals surface area contributed by atoms with Crippen LogP contribution in [0.5, 0.6) is 0 Å². The summed E-state index contributed by atoms with van der Waals surface area (Å²) in [5.41, 5.74) is 7.50. The average Bonchev–Trinajstić information content (AvgIpc) is 3.07. The van der Waals surface area contributed by atoms with E-state index in [1.54, 1.807) is 5.57 Å². The molecule has 1 unspecified atom stereocenters. The molecule has 4 nitrogen and oxygen atoms in total. The molecule has 4 heteroatoms. The molecule has 0 saturated carbocycles. The second kappa shape index (κ2) is 7.53. The molecule has 0 radical (unpaired) electrons. The number of nitrogens with zero attached hydrogens (tertiary/aromatic N) is 2. The summed E-state index contributed by atoms with van der Waals surface area (Å²) < 4.78 is 0. The van der Waals surface area contributed by atoms with E-state index in [4.69, 9.17) is 5.73 Å². The van der Waals surface area contributed by atoms with E-state index in [-0.39, 0.29) is 0 Å². The van der Waals surface area contributed by atoms with E-state index >= 15 is 0 Å². The molecule has 0 aromatic heterocycles. The van der Waals surface area contributed by atoms with Crippen LogP contribution in [0.1, 0.15) is 45.4 Å². The van der Waals surface area contributed by atoms with Gasteiger partial charge in [0.05, 0.1) is 6.54 Å². The van der Waals surface area contributed by atoms with Crippen LogP contribution in [0.25, 0.3) is 0 Å². The maximum atomic E-state index is 5.92. The van der Waals surface area contributed by atoms with Crippen molar-refractivity contribution in [3.05, 3.63) is 11.6 Å². The topological polar surface area (TPSA) is 53.6 Å². The number of rotatable bonds is 6. The van der Waals surface area contributed by atoms with Gasteiger partial charge in [-0.25, -0.2) is 0 Å². The first-order chi connectivity index (χ1) is 9.29. The Hall–Kier alpha value is -1.03. The van der Waals surface area contributed by atoms with Crippen LogP contribution in [0.4, 0.5) is 0 Å².